The first-order chi connectivity index (χ1) is 15.2. The molecule has 2 aliphatic heterocycles. The fraction of sp³-hybridized carbons (Fsp3) is 0.417. The molecule has 4 rings (SSSR count). The lowest BCUT2D eigenvalue weighted by Gasteiger charge is -2.36. The summed E-state index contributed by atoms with van der Waals surface area (Å²) >= 11 is 0. The number of piperazine rings is 1. The molecule has 164 valence electrons. The first-order valence-electron chi connectivity index (χ1n) is 10.9. The highest BCUT2D eigenvalue weighted by Crippen LogP contribution is 2.25. The van der Waals surface area contributed by atoms with Gasteiger partial charge in [0.1, 0.15) is 5.75 Å². The number of para-hydroxylation sites is 1. The molecule has 2 fully saturated rings. The number of imide groups is 1. The van der Waals surface area contributed by atoms with Crippen molar-refractivity contribution in [3.63, 3.8) is 0 Å². The summed E-state index contributed by atoms with van der Waals surface area (Å²) in [7, 11) is 1.59. The van der Waals surface area contributed by atoms with Crippen LogP contribution in [0.5, 0.6) is 5.75 Å². The second-order valence-electron chi connectivity index (χ2n) is 7.99. The molecule has 0 bridgehead atoms. The van der Waals surface area contributed by atoms with Gasteiger partial charge in [0.25, 0.3) is 5.91 Å². The van der Waals surface area contributed by atoms with E-state index in [1.807, 2.05) is 6.07 Å². The number of benzene rings is 2. The van der Waals surface area contributed by atoms with E-state index in [0.29, 0.717) is 11.4 Å². The highest BCUT2D eigenvalue weighted by atomic mass is 16.5. The van der Waals surface area contributed by atoms with Gasteiger partial charge in [-0.3, -0.25) is 14.5 Å². The number of amides is 2. The van der Waals surface area contributed by atoms with E-state index < -0.39 is 6.04 Å². The van der Waals surface area contributed by atoms with Crippen molar-refractivity contribution >= 4 is 23.2 Å². The molecule has 0 aromatic heterocycles. The van der Waals surface area contributed by atoms with Gasteiger partial charge in [-0.1, -0.05) is 18.2 Å². The summed E-state index contributed by atoms with van der Waals surface area (Å²) in [4.78, 5) is 31.3. The van der Waals surface area contributed by atoms with E-state index in [1.54, 1.807) is 31.4 Å². The van der Waals surface area contributed by atoms with Crippen LogP contribution < -0.4 is 19.9 Å². The molecule has 31 heavy (non-hydrogen) atoms. The first-order valence-corrected chi connectivity index (χ1v) is 10.9. The van der Waals surface area contributed by atoms with E-state index in [9.17, 15) is 9.59 Å². The number of anilines is 2. The van der Waals surface area contributed by atoms with Crippen LogP contribution in [0.2, 0.25) is 0 Å². The molecule has 2 aromatic rings. The average molecular weight is 423 g/mol. The fourth-order valence-corrected chi connectivity index (χ4v) is 4.24. The lowest BCUT2D eigenvalue weighted by molar-refractivity contribution is -0.121. The van der Waals surface area contributed by atoms with Gasteiger partial charge in [-0.2, -0.15) is 0 Å². The zero-order chi connectivity index (χ0) is 21.6. The number of nitrogens with zero attached hydrogens (tertiary/aromatic N) is 3. The van der Waals surface area contributed by atoms with E-state index in [1.165, 1.54) is 10.6 Å². The second kappa shape index (κ2) is 9.94. The van der Waals surface area contributed by atoms with E-state index in [2.05, 4.69) is 39.4 Å². The Labute approximate surface area is 183 Å². The maximum absolute atomic E-state index is 12.7. The van der Waals surface area contributed by atoms with Crippen LogP contribution in [0, 0.1) is 0 Å². The van der Waals surface area contributed by atoms with E-state index in [4.69, 9.17) is 4.74 Å². The van der Waals surface area contributed by atoms with Crippen LogP contribution in [0.4, 0.5) is 11.4 Å². The second-order valence-corrected chi connectivity index (χ2v) is 7.99. The monoisotopic (exact) mass is 422 g/mol. The summed E-state index contributed by atoms with van der Waals surface area (Å²) in [6, 6.07) is 17.1. The highest BCUT2D eigenvalue weighted by Gasteiger charge is 2.39. The predicted octanol–water partition coefficient (Wildman–Crippen LogP) is 2.13. The normalized spacial score (nSPS) is 19.8. The van der Waals surface area contributed by atoms with Crippen LogP contribution in [-0.2, 0) is 9.59 Å². The maximum atomic E-state index is 12.7. The number of carbonyl (C=O) groups is 2. The van der Waals surface area contributed by atoms with Crippen LogP contribution in [0.15, 0.2) is 54.6 Å². The van der Waals surface area contributed by atoms with Crippen molar-refractivity contribution in [1.82, 2.24) is 10.2 Å². The number of carbonyl (C=O) groups excluding carboxylic acids is 2. The molecule has 2 saturated heterocycles. The SMILES string of the molecule is COc1ccc(N2C(=O)CC(NCCCN3CCN(c4ccccc4)CC3)C2=O)cc1. The Morgan fingerprint density at radius 1 is 0.935 bits per heavy atom. The van der Waals surface area contributed by atoms with Gasteiger partial charge in [-0.05, 0) is 55.9 Å². The first kappa shape index (κ1) is 21.3. The molecule has 7 nitrogen and oxygen atoms in total. The highest BCUT2D eigenvalue weighted by molar-refractivity contribution is 6.22. The standard InChI is InChI=1S/C24H30N4O3/c1-31-21-10-8-20(9-11-21)28-23(29)18-22(24(28)30)25-12-5-13-26-14-16-27(17-15-26)19-6-3-2-4-7-19/h2-4,6-11,22,25H,5,12-18H2,1H3. The van der Waals surface area contributed by atoms with Crippen molar-refractivity contribution in [2.45, 2.75) is 18.9 Å². The molecule has 2 aromatic carbocycles. The fourth-order valence-electron chi connectivity index (χ4n) is 4.24. The molecule has 1 atom stereocenters. The van der Waals surface area contributed by atoms with Crippen LogP contribution in [-0.4, -0.2) is 69.1 Å². The molecule has 2 amide bonds. The average Bonchev–Trinajstić information content (AvgIpc) is 3.10. The van der Waals surface area contributed by atoms with Crippen LogP contribution >= 0.6 is 0 Å². The number of ether oxygens (including phenoxy) is 1. The van der Waals surface area contributed by atoms with Gasteiger partial charge in [0, 0.05) is 31.9 Å². The third-order valence-corrected chi connectivity index (χ3v) is 6.01. The summed E-state index contributed by atoms with van der Waals surface area (Å²) in [5, 5.41) is 3.28. The minimum absolute atomic E-state index is 0.162. The Hall–Kier alpha value is -2.90. The number of rotatable bonds is 8. The molecule has 2 aliphatic rings. The van der Waals surface area contributed by atoms with Gasteiger partial charge < -0.3 is 15.0 Å². The van der Waals surface area contributed by atoms with Gasteiger partial charge in [-0.25, -0.2) is 4.90 Å². The van der Waals surface area contributed by atoms with Crippen molar-refractivity contribution in [2.24, 2.45) is 0 Å². The summed E-state index contributed by atoms with van der Waals surface area (Å²) in [6.07, 6.45) is 1.16. The minimum Gasteiger partial charge on any atom is -0.497 e. The van der Waals surface area contributed by atoms with Crippen molar-refractivity contribution in [3.05, 3.63) is 54.6 Å². The lowest BCUT2D eigenvalue weighted by atomic mass is 10.2. The molecule has 0 saturated carbocycles. The van der Waals surface area contributed by atoms with Crippen molar-refractivity contribution in [1.29, 1.82) is 0 Å². The van der Waals surface area contributed by atoms with Crippen LogP contribution in [0.25, 0.3) is 0 Å². The molecule has 0 radical (unpaired) electrons. The quantitative estimate of drug-likeness (QED) is 0.519. The van der Waals surface area contributed by atoms with Crippen molar-refractivity contribution in [3.8, 4) is 5.75 Å². The van der Waals surface area contributed by atoms with Gasteiger partial charge in [0.2, 0.25) is 5.91 Å². The Morgan fingerprint density at radius 3 is 2.32 bits per heavy atom. The number of methoxy groups -OCH3 is 1. The van der Waals surface area contributed by atoms with Gasteiger partial charge in [0.15, 0.2) is 0 Å². The Balaban J connectivity index is 1.19. The molecule has 1 unspecified atom stereocenters. The molecule has 0 spiro atoms. The predicted molar refractivity (Wildman–Crippen MR) is 122 cm³/mol. The van der Waals surface area contributed by atoms with Gasteiger partial charge in [-0.15, -0.1) is 0 Å². The largest absolute Gasteiger partial charge is 0.497 e. The maximum Gasteiger partial charge on any atom is 0.251 e. The summed E-state index contributed by atoms with van der Waals surface area (Å²) in [5.41, 5.74) is 1.88. The lowest BCUT2D eigenvalue weighted by Crippen LogP contribution is -2.47. The Bertz CT molecular complexity index is 879. The number of nitrogens with one attached hydrogen (secondary N) is 1. The molecule has 7 heteroatoms. The minimum atomic E-state index is -0.440. The van der Waals surface area contributed by atoms with Crippen molar-refractivity contribution in [2.75, 3.05) is 56.2 Å². The summed E-state index contributed by atoms with van der Waals surface area (Å²) < 4.78 is 5.14. The van der Waals surface area contributed by atoms with E-state index in [-0.39, 0.29) is 18.2 Å². The number of hydrogen-bond donors (Lipinski definition) is 1. The molecule has 1 N–H and O–H groups in total. The molecular formula is C24H30N4O3. The Kier molecular flexibility index (Phi) is 6.84. The van der Waals surface area contributed by atoms with Gasteiger partial charge in [0.05, 0.1) is 25.3 Å². The smallest absolute Gasteiger partial charge is 0.251 e. The zero-order valence-electron chi connectivity index (χ0n) is 18.0. The Morgan fingerprint density at radius 2 is 1.65 bits per heavy atom. The van der Waals surface area contributed by atoms with Crippen LogP contribution in [0.3, 0.4) is 0 Å². The molecular weight excluding hydrogens is 392 g/mol. The number of hydrogen-bond acceptors (Lipinski definition) is 6. The zero-order valence-corrected chi connectivity index (χ0v) is 18.0. The van der Waals surface area contributed by atoms with E-state index >= 15 is 0 Å². The topological polar surface area (TPSA) is 65.1 Å². The van der Waals surface area contributed by atoms with Crippen LogP contribution in [0.1, 0.15) is 12.8 Å². The molecule has 2 heterocycles. The van der Waals surface area contributed by atoms with Crippen molar-refractivity contribution < 1.29 is 14.3 Å². The summed E-state index contributed by atoms with van der Waals surface area (Å²) in [5.74, 6) is 0.360. The third-order valence-electron chi connectivity index (χ3n) is 6.01. The molecule has 0 aliphatic carbocycles. The third kappa shape index (κ3) is 5.06. The van der Waals surface area contributed by atoms with E-state index in [0.717, 1.165) is 45.7 Å². The van der Waals surface area contributed by atoms with Gasteiger partial charge >= 0.3 is 0 Å². The summed E-state index contributed by atoms with van der Waals surface area (Å²) in [6.45, 7) is 5.86.